The molecule has 12 heterocycles. The minimum atomic E-state index is -2.64. The first-order chi connectivity index (χ1) is 50.1. The van der Waals surface area contributed by atoms with Crippen LogP contribution in [0.4, 0.5) is 22.7 Å². The van der Waals surface area contributed by atoms with E-state index in [-0.39, 0.29) is 31.2 Å². The van der Waals surface area contributed by atoms with Gasteiger partial charge in [0.15, 0.2) is 22.3 Å². The number of anilines is 4. The molecule has 0 saturated heterocycles. The molecular weight excluding hydrogens is 1180 g/mol. The van der Waals surface area contributed by atoms with Crippen LogP contribution in [0.25, 0.3) is 88.3 Å². The largest absolute Gasteiger partial charge is 0.435 e. The Morgan fingerprint density at radius 1 is 0.421 bits per heavy atom. The van der Waals surface area contributed by atoms with Crippen molar-refractivity contribution in [3.05, 3.63) is 192 Å². The summed E-state index contributed by atoms with van der Waals surface area (Å²) in [6.07, 6.45) is 14.0. The Kier molecular flexibility index (Phi) is 13.2. The van der Waals surface area contributed by atoms with Crippen LogP contribution in [0.3, 0.4) is 0 Å². The van der Waals surface area contributed by atoms with Crippen molar-refractivity contribution in [2.24, 2.45) is 5.41 Å². The maximum absolute atomic E-state index is 8.35. The van der Waals surface area contributed by atoms with Crippen LogP contribution >= 0.6 is 0 Å². The molecular formula is C79H90N12O4. The van der Waals surface area contributed by atoms with Crippen LogP contribution in [-0.2, 0) is 0 Å². The molecule has 16 rings (SSSR count). The topological polar surface area (TPSA) is 130 Å². The maximum atomic E-state index is 8.35. The fourth-order valence-electron chi connectivity index (χ4n) is 13.4. The van der Waals surface area contributed by atoms with E-state index in [9.17, 15) is 0 Å². The molecule has 12 aromatic rings. The van der Waals surface area contributed by atoms with Gasteiger partial charge >= 0.3 is 0 Å². The Morgan fingerprint density at radius 3 is 1.05 bits per heavy atom. The van der Waals surface area contributed by atoms with Crippen LogP contribution in [0, 0.1) is 60.8 Å². The molecule has 4 aromatic carbocycles. The molecule has 4 atom stereocenters. The number of pyridine rings is 4. The van der Waals surface area contributed by atoms with E-state index >= 15 is 0 Å². The Morgan fingerprint density at radius 2 is 0.737 bits per heavy atom. The normalized spacial score (nSPS) is 20.4. The molecule has 4 aliphatic heterocycles. The first-order valence-corrected chi connectivity index (χ1v) is 32.2. The standard InChI is InChI=1S/C22H27N3O.C20H23N3O.C19H21N3O.C18H19N3O/c1-14-7-9-17-18-10-8-15(2)23-21(18)26-20(17)19(14)25-12-11-24(16(25)3)13-22(4,5)6;1-12(2)22-10-11-23(15(22)5)18-13(3)6-8-16-17-9-7-14(4)21-20(17)24-19(16)18;1-5-21-10-11-22(14(21)4)17-12(2)6-8-15-16-9-7-13(3)20-19(16)23-18(15)17;1-11-5-7-14-15-8-6-12(2)19-18(15)22-17(14)16(11)21-10-9-20(4)13(21)3/h7-12,16H,13H2,1-6H3;6-12,15H,1-5H3;6-11,14H,5H2,1-4H3;5-10,13H,1-4H3/t16-;15-;14-;13-/m0000/s1/i4D3,5D3;12D;5D2;4D3. The lowest BCUT2D eigenvalue weighted by Crippen LogP contribution is -2.40. The average molecular weight is 1280 g/mol. The minimum absolute atomic E-state index is 0.0414. The van der Waals surface area contributed by atoms with Crippen LogP contribution in [-0.4, -0.2) is 90.2 Å². The molecule has 0 N–H and O–H groups in total. The lowest BCUT2D eigenvalue weighted by molar-refractivity contribution is 0.221. The van der Waals surface area contributed by atoms with Crippen molar-refractivity contribution in [3.8, 4) is 0 Å². The Hall–Kier alpha value is -9.96. The van der Waals surface area contributed by atoms with E-state index in [0.29, 0.717) is 28.4 Å². The molecule has 95 heavy (non-hydrogen) atoms. The van der Waals surface area contributed by atoms with Gasteiger partial charge in [0.2, 0.25) is 22.9 Å². The van der Waals surface area contributed by atoms with Gasteiger partial charge in [-0.25, -0.2) is 19.9 Å². The van der Waals surface area contributed by atoms with Crippen LogP contribution in [0.15, 0.2) is 164 Å². The summed E-state index contributed by atoms with van der Waals surface area (Å²) in [5.41, 5.74) is 15.3. The number of furan rings is 4. The van der Waals surface area contributed by atoms with Crippen molar-refractivity contribution < 1.29 is 34.1 Å². The van der Waals surface area contributed by atoms with E-state index in [2.05, 4.69) is 73.9 Å². The second-order valence-corrected chi connectivity index (χ2v) is 25.8. The summed E-state index contributed by atoms with van der Waals surface area (Å²) >= 11 is 0. The molecule has 0 fully saturated rings. The third-order valence-corrected chi connectivity index (χ3v) is 18.5. The second-order valence-electron chi connectivity index (χ2n) is 25.8. The number of aromatic nitrogens is 4. The molecule has 0 spiro atoms. The van der Waals surface area contributed by atoms with Gasteiger partial charge in [0.25, 0.3) is 0 Å². The molecule has 0 unspecified atom stereocenters. The molecule has 4 aliphatic rings. The van der Waals surface area contributed by atoms with E-state index in [1.54, 1.807) is 41.5 Å². The summed E-state index contributed by atoms with van der Waals surface area (Å²) in [4.78, 5) is 33.1. The number of hydrogen-bond donors (Lipinski definition) is 0. The van der Waals surface area contributed by atoms with E-state index in [1.807, 2.05) is 189 Å². The molecule has 0 saturated carbocycles. The smallest absolute Gasteiger partial charge is 0.227 e. The Bertz CT molecular complexity index is 5180. The first-order valence-electron chi connectivity index (χ1n) is 38.2. The lowest BCUT2D eigenvalue weighted by Gasteiger charge is -2.34. The summed E-state index contributed by atoms with van der Waals surface area (Å²) in [7, 11) is 0. The van der Waals surface area contributed by atoms with Gasteiger partial charge in [-0.1, -0.05) is 69.2 Å². The van der Waals surface area contributed by atoms with Gasteiger partial charge in [0.05, 0.1) is 24.1 Å². The Labute approximate surface area is 574 Å². The quantitative estimate of drug-likeness (QED) is 0.150. The van der Waals surface area contributed by atoms with Gasteiger partial charge in [0, 0.05) is 157 Å². The second kappa shape index (κ2) is 24.7. The van der Waals surface area contributed by atoms with Gasteiger partial charge in [-0.05, 0) is 180 Å². The highest BCUT2D eigenvalue weighted by Crippen LogP contribution is 2.44. The van der Waals surface area contributed by atoms with Gasteiger partial charge in [0.1, 0.15) is 24.7 Å². The van der Waals surface area contributed by atoms with Crippen molar-refractivity contribution in [2.75, 3.05) is 39.6 Å². The van der Waals surface area contributed by atoms with Gasteiger partial charge in [-0.3, -0.25) is 0 Å². The molecule has 16 nitrogen and oxygen atoms in total. The zero-order valence-electron chi connectivity index (χ0n) is 68.9. The van der Waals surface area contributed by atoms with Gasteiger partial charge in [-0.2, -0.15) is 0 Å². The fraction of sp³-hybridized carbons (Fsp3) is 0.342. The van der Waals surface area contributed by atoms with E-state index in [4.69, 9.17) is 34.1 Å². The zero-order chi connectivity index (χ0) is 77.4. The van der Waals surface area contributed by atoms with Crippen molar-refractivity contribution in [1.82, 2.24) is 39.5 Å². The number of aryl methyl sites for hydroxylation is 8. The van der Waals surface area contributed by atoms with E-state index in [0.717, 1.165) is 128 Å². The summed E-state index contributed by atoms with van der Waals surface area (Å²) in [6.45, 7) is 21.4. The van der Waals surface area contributed by atoms with Gasteiger partial charge < -0.3 is 56.9 Å². The zero-order valence-corrected chi connectivity index (χ0v) is 56.9. The van der Waals surface area contributed by atoms with Crippen LogP contribution < -0.4 is 19.6 Å². The number of fused-ring (bicyclic) bond motifs is 12. The molecule has 8 aromatic heterocycles. The van der Waals surface area contributed by atoms with Crippen molar-refractivity contribution in [1.29, 1.82) is 0 Å². The molecule has 0 bridgehead atoms. The summed E-state index contributed by atoms with van der Waals surface area (Å²) in [5.74, 6) is 0. The number of rotatable bonds is 7. The first kappa shape index (κ1) is 50.5. The van der Waals surface area contributed by atoms with Crippen molar-refractivity contribution >= 4 is 111 Å². The highest BCUT2D eigenvalue weighted by molar-refractivity contribution is 6.12. The highest BCUT2D eigenvalue weighted by atomic mass is 16.4. The summed E-state index contributed by atoms with van der Waals surface area (Å²) in [6, 6.07) is 31.8. The average Bonchev–Trinajstić information content (AvgIpc) is 1.64. The summed E-state index contributed by atoms with van der Waals surface area (Å²) in [5, 5.41) is 7.96. The van der Waals surface area contributed by atoms with Crippen molar-refractivity contribution in [2.45, 2.75) is 155 Å². The van der Waals surface area contributed by atoms with Gasteiger partial charge in [-0.15, -0.1) is 0 Å². The molecule has 0 aliphatic carbocycles. The number of nitrogens with zero attached hydrogens (tertiary/aromatic N) is 12. The monoisotopic (exact) mass is 1280 g/mol. The van der Waals surface area contributed by atoms with E-state index < -0.39 is 38.6 Å². The van der Waals surface area contributed by atoms with Crippen LogP contribution in [0.5, 0.6) is 0 Å². The number of hydrogen-bond acceptors (Lipinski definition) is 16. The summed E-state index contributed by atoms with van der Waals surface area (Å²) < 4.78 is 119. The van der Waals surface area contributed by atoms with Crippen LogP contribution in [0.1, 0.15) is 131 Å². The molecule has 0 amide bonds. The predicted octanol–water partition coefficient (Wildman–Crippen LogP) is 19.3. The third kappa shape index (κ3) is 11.6. The SMILES string of the molecule is [2H]C(C)(C)N1C=CN(c2c(C)ccc3c2oc2nc(C)ccc23)[C@H]1C.[2H]C([2H])(C)N1C=CN(c2c(C)ccc3c2oc2nc(C)ccc23)[C@H]1C.[2H]C([2H])([2H])C(C)(CN1C=CN(c2c(C)ccc3c2oc2nc(C)ccc23)[C@H]1C)C([2H])([2H])[2H].[2H]C([2H])([2H])N1C=CN(c2c(C)ccc3c2oc2nc(C)ccc23)[C@H]1C. The maximum Gasteiger partial charge on any atom is 0.227 e. The predicted molar refractivity (Wildman–Crippen MR) is 392 cm³/mol. The van der Waals surface area contributed by atoms with Crippen LogP contribution in [0.2, 0.25) is 0 Å². The fourth-order valence-corrected chi connectivity index (χ4v) is 13.4. The van der Waals surface area contributed by atoms with E-state index in [1.165, 1.54) is 11.8 Å². The molecule has 0 radical (unpaired) electrons. The highest BCUT2D eigenvalue weighted by Gasteiger charge is 2.33. The number of benzene rings is 4. The van der Waals surface area contributed by atoms with Crippen molar-refractivity contribution in [3.63, 3.8) is 0 Å². The Balaban J connectivity index is 0.000000127. The third-order valence-electron chi connectivity index (χ3n) is 18.5. The lowest BCUT2D eigenvalue weighted by atomic mass is 9.96. The molecule has 490 valence electrons. The minimum Gasteiger partial charge on any atom is -0.435 e. The molecule has 16 heteroatoms.